The molecular weight excluding hydrogens is 266 g/mol. The molecule has 0 aromatic heterocycles. The number of ether oxygens (including phenoxy) is 1. The van der Waals surface area contributed by atoms with Gasteiger partial charge in [0.2, 0.25) is 0 Å². The highest BCUT2D eigenvalue weighted by Gasteiger charge is 2.14. The number of urea groups is 1. The van der Waals surface area contributed by atoms with Crippen molar-refractivity contribution in [3.63, 3.8) is 0 Å². The summed E-state index contributed by atoms with van der Waals surface area (Å²) in [6, 6.07) is 4.25. The Morgan fingerprint density at radius 1 is 1.25 bits per heavy atom. The van der Waals surface area contributed by atoms with Crippen LogP contribution in [0.3, 0.4) is 0 Å². The molecule has 1 aromatic carbocycles. The highest BCUT2D eigenvalue weighted by atomic mass is 19.3. The van der Waals surface area contributed by atoms with E-state index in [2.05, 4.69) is 15.4 Å². The fraction of sp³-hybridized carbons (Fsp3) is 0.500. The summed E-state index contributed by atoms with van der Waals surface area (Å²) in [7, 11) is 0. The molecule has 1 unspecified atom stereocenters. The number of carbonyl (C=O) groups is 1. The molecule has 1 rings (SSSR count). The minimum Gasteiger partial charge on any atom is -0.434 e. The number of amides is 2. The lowest BCUT2D eigenvalue weighted by atomic mass is 10.1. The number of hydrogen-bond acceptors (Lipinski definition) is 2. The summed E-state index contributed by atoms with van der Waals surface area (Å²) in [6.45, 7) is 4.60. The van der Waals surface area contributed by atoms with E-state index in [1.165, 1.54) is 6.07 Å². The number of alkyl halides is 2. The van der Waals surface area contributed by atoms with E-state index in [4.69, 9.17) is 0 Å². The fourth-order valence-corrected chi connectivity index (χ4v) is 1.51. The lowest BCUT2D eigenvalue weighted by Gasteiger charge is -2.19. The summed E-state index contributed by atoms with van der Waals surface area (Å²) in [4.78, 5) is 11.8. The Hall–Kier alpha value is -1.85. The molecule has 1 aromatic rings. The Morgan fingerprint density at radius 3 is 2.45 bits per heavy atom. The van der Waals surface area contributed by atoms with E-state index in [-0.39, 0.29) is 17.8 Å². The van der Waals surface area contributed by atoms with Crippen LogP contribution in [-0.4, -0.2) is 18.7 Å². The van der Waals surface area contributed by atoms with Gasteiger partial charge in [0.1, 0.15) is 5.75 Å². The predicted molar refractivity (Wildman–Crippen MR) is 74.3 cm³/mol. The molecule has 0 saturated heterocycles. The van der Waals surface area contributed by atoms with Gasteiger partial charge < -0.3 is 15.4 Å². The van der Waals surface area contributed by atoms with Crippen molar-refractivity contribution >= 4 is 11.7 Å². The Balaban J connectivity index is 2.75. The summed E-state index contributed by atoms with van der Waals surface area (Å²) in [5, 5.41) is 5.41. The molecular formula is C14H20F2N2O2. The molecule has 0 spiro atoms. The Morgan fingerprint density at radius 2 is 1.90 bits per heavy atom. The quantitative estimate of drug-likeness (QED) is 0.865. The average Bonchev–Trinajstić information content (AvgIpc) is 2.33. The highest BCUT2D eigenvalue weighted by Crippen LogP contribution is 2.26. The van der Waals surface area contributed by atoms with E-state index >= 15 is 0 Å². The second kappa shape index (κ2) is 7.07. The minimum absolute atomic E-state index is 0.0100. The molecule has 0 aliphatic heterocycles. The normalized spacial score (nSPS) is 12.4. The number of benzene rings is 1. The van der Waals surface area contributed by atoms with Gasteiger partial charge in [-0.1, -0.05) is 19.9 Å². The zero-order chi connectivity index (χ0) is 15.3. The van der Waals surface area contributed by atoms with Crippen LogP contribution in [-0.2, 0) is 0 Å². The summed E-state index contributed by atoms with van der Waals surface area (Å²) in [5.41, 5.74) is 0.900. The van der Waals surface area contributed by atoms with Gasteiger partial charge in [0.05, 0.1) is 0 Å². The lowest BCUT2D eigenvalue weighted by Crippen LogP contribution is -2.39. The van der Waals surface area contributed by atoms with E-state index in [1.54, 1.807) is 19.1 Å². The maximum atomic E-state index is 12.2. The van der Waals surface area contributed by atoms with E-state index < -0.39 is 6.61 Å². The Bertz CT molecular complexity index is 464. The number of anilines is 1. The van der Waals surface area contributed by atoms with Crippen molar-refractivity contribution in [3.8, 4) is 5.75 Å². The first-order valence-corrected chi connectivity index (χ1v) is 6.43. The van der Waals surface area contributed by atoms with Gasteiger partial charge in [-0.3, -0.25) is 0 Å². The highest BCUT2D eigenvalue weighted by molar-refractivity contribution is 5.90. The van der Waals surface area contributed by atoms with Crippen molar-refractivity contribution < 1.29 is 18.3 Å². The third-order valence-corrected chi connectivity index (χ3v) is 3.11. The first-order valence-electron chi connectivity index (χ1n) is 6.43. The van der Waals surface area contributed by atoms with Gasteiger partial charge in [-0.05, 0) is 31.9 Å². The third kappa shape index (κ3) is 4.68. The molecule has 2 N–H and O–H groups in total. The lowest BCUT2D eigenvalue weighted by molar-refractivity contribution is -0.0502. The van der Waals surface area contributed by atoms with Gasteiger partial charge in [-0.25, -0.2) is 4.79 Å². The minimum atomic E-state index is -2.89. The summed E-state index contributed by atoms with van der Waals surface area (Å²) < 4.78 is 28.8. The van der Waals surface area contributed by atoms with Crippen LogP contribution in [0.25, 0.3) is 0 Å². The Kier molecular flexibility index (Phi) is 5.73. The van der Waals surface area contributed by atoms with Gasteiger partial charge in [-0.2, -0.15) is 8.78 Å². The second-order valence-electron chi connectivity index (χ2n) is 4.94. The molecule has 0 aliphatic carbocycles. The first-order chi connectivity index (χ1) is 9.31. The first kappa shape index (κ1) is 16.2. The molecule has 0 heterocycles. The van der Waals surface area contributed by atoms with Gasteiger partial charge in [0.25, 0.3) is 0 Å². The van der Waals surface area contributed by atoms with E-state index in [0.29, 0.717) is 17.2 Å². The van der Waals surface area contributed by atoms with Crippen LogP contribution < -0.4 is 15.4 Å². The number of halogens is 2. The fourth-order valence-electron chi connectivity index (χ4n) is 1.51. The van der Waals surface area contributed by atoms with Crippen molar-refractivity contribution in [1.82, 2.24) is 5.32 Å². The Labute approximate surface area is 117 Å². The number of rotatable bonds is 5. The van der Waals surface area contributed by atoms with Gasteiger partial charge in [-0.15, -0.1) is 0 Å². The maximum Gasteiger partial charge on any atom is 0.387 e. The standard InChI is InChI=1S/C14H20F2N2O2/c1-8(2)10(4)17-14(19)18-11-6-5-7-12(9(11)3)20-13(15)16/h5-8,10,13H,1-4H3,(H2,17,18,19). The average molecular weight is 286 g/mol. The van der Waals surface area contributed by atoms with Crippen LogP contribution in [0.1, 0.15) is 26.3 Å². The molecule has 0 radical (unpaired) electrons. The zero-order valence-corrected chi connectivity index (χ0v) is 12.0. The third-order valence-electron chi connectivity index (χ3n) is 3.11. The number of carbonyl (C=O) groups excluding carboxylic acids is 1. The van der Waals surface area contributed by atoms with Gasteiger partial charge in [0.15, 0.2) is 0 Å². The molecule has 6 heteroatoms. The number of hydrogen-bond donors (Lipinski definition) is 2. The molecule has 112 valence electrons. The molecule has 0 saturated carbocycles. The maximum absolute atomic E-state index is 12.2. The summed E-state index contributed by atoms with van der Waals surface area (Å²) in [5.74, 6) is 0.352. The van der Waals surface area contributed by atoms with Crippen LogP contribution >= 0.6 is 0 Å². The van der Waals surface area contributed by atoms with Crippen LogP contribution in [0.15, 0.2) is 18.2 Å². The molecule has 0 fully saturated rings. The van der Waals surface area contributed by atoms with Crippen molar-refractivity contribution in [2.45, 2.75) is 40.3 Å². The summed E-state index contributed by atoms with van der Waals surface area (Å²) in [6.07, 6.45) is 0. The smallest absolute Gasteiger partial charge is 0.387 e. The van der Waals surface area contributed by atoms with Gasteiger partial charge >= 0.3 is 12.6 Å². The molecule has 2 amide bonds. The summed E-state index contributed by atoms with van der Waals surface area (Å²) >= 11 is 0. The van der Waals surface area contributed by atoms with Crippen molar-refractivity contribution in [1.29, 1.82) is 0 Å². The van der Waals surface area contributed by atoms with Crippen LogP contribution in [0.4, 0.5) is 19.3 Å². The number of nitrogens with one attached hydrogen (secondary N) is 2. The monoisotopic (exact) mass is 286 g/mol. The molecule has 20 heavy (non-hydrogen) atoms. The topological polar surface area (TPSA) is 50.4 Å². The van der Waals surface area contributed by atoms with Crippen molar-refractivity contribution in [2.24, 2.45) is 5.92 Å². The molecule has 0 bridgehead atoms. The molecule has 4 nitrogen and oxygen atoms in total. The zero-order valence-electron chi connectivity index (χ0n) is 12.0. The van der Waals surface area contributed by atoms with E-state index in [1.807, 2.05) is 20.8 Å². The van der Waals surface area contributed by atoms with Crippen LogP contribution in [0.2, 0.25) is 0 Å². The largest absolute Gasteiger partial charge is 0.434 e. The van der Waals surface area contributed by atoms with Crippen molar-refractivity contribution in [2.75, 3.05) is 5.32 Å². The van der Waals surface area contributed by atoms with Crippen molar-refractivity contribution in [3.05, 3.63) is 23.8 Å². The van der Waals surface area contributed by atoms with Crippen LogP contribution in [0.5, 0.6) is 5.75 Å². The van der Waals surface area contributed by atoms with Gasteiger partial charge in [0, 0.05) is 17.3 Å². The van der Waals surface area contributed by atoms with E-state index in [9.17, 15) is 13.6 Å². The molecule has 1 atom stereocenters. The predicted octanol–water partition coefficient (Wildman–Crippen LogP) is 3.76. The SMILES string of the molecule is Cc1c(NC(=O)NC(C)C(C)C)cccc1OC(F)F. The van der Waals surface area contributed by atoms with E-state index in [0.717, 1.165) is 0 Å². The molecule has 0 aliphatic rings. The van der Waals surface area contributed by atoms with Crippen LogP contribution in [0, 0.1) is 12.8 Å². The second-order valence-corrected chi connectivity index (χ2v) is 4.94.